The minimum atomic E-state index is 0.0187. The molecule has 4 rings (SSSR count). The third kappa shape index (κ3) is 5.16. The van der Waals surface area contributed by atoms with Crippen LogP contribution in [-0.2, 0) is 4.79 Å². The van der Waals surface area contributed by atoms with E-state index in [-0.39, 0.29) is 12.5 Å². The van der Waals surface area contributed by atoms with Crippen molar-refractivity contribution in [3.63, 3.8) is 0 Å². The van der Waals surface area contributed by atoms with Crippen molar-refractivity contribution in [2.24, 2.45) is 0 Å². The van der Waals surface area contributed by atoms with Crippen molar-refractivity contribution >= 4 is 11.7 Å². The first-order chi connectivity index (χ1) is 15.8. The van der Waals surface area contributed by atoms with Gasteiger partial charge in [-0.3, -0.25) is 4.79 Å². The molecule has 6 heteroatoms. The van der Waals surface area contributed by atoms with E-state index < -0.39 is 0 Å². The van der Waals surface area contributed by atoms with Crippen LogP contribution in [0.1, 0.15) is 27.8 Å². The van der Waals surface area contributed by atoms with E-state index >= 15 is 0 Å². The topological polar surface area (TPSA) is 58.6 Å². The van der Waals surface area contributed by atoms with Gasteiger partial charge in [0.25, 0.3) is 5.91 Å². The smallest absolute Gasteiger partial charge is 0.260 e. The molecule has 172 valence electrons. The highest BCUT2D eigenvalue weighted by molar-refractivity contribution is 5.78. The van der Waals surface area contributed by atoms with Crippen LogP contribution in [0.3, 0.4) is 0 Å². The number of aromatic nitrogens is 2. The molecule has 0 saturated carbocycles. The summed E-state index contributed by atoms with van der Waals surface area (Å²) < 4.78 is 5.89. The molecule has 6 nitrogen and oxygen atoms in total. The second kappa shape index (κ2) is 9.61. The zero-order chi connectivity index (χ0) is 23.5. The predicted molar refractivity (Wildman–Crippen MR) is 132 cm³/mol. The fourth-order valence-electron chi connectivity index (χ4n) is 4.35. The summed E-state index contributed by atoms with van der Waals surface area (Å²) in [5, 5.41) is 8.89. The molecule has 0 N–H and O–H groups in total. The Hall–Kier alpha value is -3.41. The number of carbonyl (C=O) groups excluding carboxylic acids is 1. The van der Waals surface area contributed by atoms with E-state index in [4.69, 9.17) is 4.74 Å². The molecule has 0 spiro atoms. The first-order valence-corrected chi connectivity index (χ1v) is 11.5. The molecule has 0 atom stereocenters. The number of amides is 1. The summed E-state index contributed by atoms with van der Waals surface area (Å²) in [6, 6.07) is 14.5. The largest absolute Gasteiger partial charge is 0.483 e. The molecule has 2 aromatic carbocycles. The average Bonchev–Trinajstić information content (AvgIpc) is 2.80. The Morgan fingerprint density at radius 1 is 0.818 bits per heavy atom. The Morgan fingerprint density at radius 3 is 2.12 bits per heavy atom. The summed E-state index contributed by atoms with van der Waals surface area (Å²) in [6.45, 7) is 13.1. The fraction of sp³-hybridized carbons (Fsp3) is 0.370. The molecule has 1 fully saturated rings. The lowest BCUT2D eigenvalue weighted by Crippen LogP contribution is -2.50. The molecule has 1 aromatic heterocycles. The number of hydrogen-bond acceptors (Lipinski definition) is 5. The van der Waals surface area contributed by atoms with Gasteiger partial charge in [0.2, 0.25) is 0 Å². The van der Waals surface area contributed by atoms with Gasteiger partial charge in [-0.05, 0) is 75.1 Å². The van der Waals surface area contributed by atoms with Crippen molar-refractivity contribution in [3.05, 3.63) is 70.3 Å². The van der Waals surface area contributed by atoms with Gasteiger partial charge in [-0.15, -0.1) is 10.2 Å². The molecule has 2 heterocycles. The Kier molecular flexibility index (Phi) is 6.63. The maximum absolute atomic E-state index is 12.7. The van der Waals surface area contributed by atoms with Gasteiger partial charge >= 0.3 is 0 Å². The second-order valence-electron chi connectivity index (χ2n) is 8.96. The van der Waals surface area contributed by atoms with Crippen LogP contribution in [0.4, 0.5) is 5.82 Å². The lowest BCUT2D eigenvalue weighted by Gasteiger charge is -2.35. The molecule has 1 saturated heterocycles. The van der Waals surface area contributed by atoms with Gasteiger partial charge in [0.15, 0.2) is 12.4 Å². The Bertz CT molecular complexity index is 1130. The van der Waals surface area contributed by atoms with E-state index in [1.165, 1.54) is 16.7 Å². The van der Waals surface area contributed by atoms with E-state index in [0.717, 1.165) is 47.0 Å². The number of rotatable bonds is 5. The van der Waals surface area contributed by atoms with Gasteiger partial charge in [-0.25, -0.2) is 0 Å². The average molecular weight is 445 g/mol. The normalized spacial score (nSPS) is 13.8. The molecule has 33 heavy (non-hydrogen) atoms. The second-order valence-corrected chi connectivity index (χ2v) is 8.96. The maximum atomic E-state index is 12.7. The van der Waals surface area contributed by atoms with Crippen LogP contribution < -0.4 is 9.64 Å². The zero-order valence-electron chi connectivity index (χ0n) is 20.2. The van der Waals surface area contributed by atoms with Gasteiger partial charge < -0.3 is 14.5 Å². The number of hydrogen-bond donors (Lipinski definition) is 0. The molecule has 3 aromatic rings. The Balaban J connectivity index is 1.32. The summed E-state index contributed by atoms with van der Waals surface area (Å²) in [6.07, 6.45) is 0. The molecular formula is C27H32N4O2. The SMILES string of the molecule is Cc1cc(C)c(OCC(=O)N2CCN(c3ccc(-c4ccc(C)c(C)c4)nn3)CC2)c(C)c1. The van der Waals surface area contributed by atoms with E-state index in [1.54, 1.807) is 0 Å². The van der Waals surface area contributed by atoms with Gasteiger partial charge in [0.1, 0.15) is 5.75 Å². The summed E-state index contributed by atoms with van der Waals surface area (Å²) in [5.74, 6) is 1.67. The molecule has 1 aliphatic heterocycles. The van der Waals surface area contributed by atoms with Gasteiger partial charge in [0, 0.05) is 31.7 Å². The summed E-state index contributed by atoms with van der Waals surface area (Å²) in [5.41, 5.74) is 7.79. The third-order valence-corrected chi connectivity index (χ3v) is 6.35. The zero-order valence-corrected chi connectivity index (χ0v) is 20.2. The highest BCUT2D eigenvalue weighted by Crippen LogP contribution is 2.25. The maximum Gasteiger partial charge on any atom is 0.260 e. The number of piperazine rings is 1. The van der Waals surface area contributed by atoms with Crippen molar-refractivity contribution in [2.45, 2.75) is 34.6 Å². The Labute approximate surface area is 196 Å². The minimum Gasteiger partial charge on any atom is -0.483 e. The van der Waals surface area contributed by atoms with Crippen molar-refractivity contribution in [1.82, 2.24) is 15.1 Å². The van der Waals surface area contributed by atoms with Crippen LogP contribution in [0.2, 0.25) is 0 Å². The van der Waals surface area contributed by atoms with E-state index in [0.29, 0.717) is 13.1 Å². The number of benzene rings is 2. The molecule has 1 amide bonds. The van der Waals surface area contributed by atoms with Gasteiger partial charge in [0.05, 0.1) is 5.69 Å². The van der Waals surface area contributed by atoms with Crippen LogP contribution >= 0.6 is 0 Å². The number of ether oxygens (including phenoxy) is 1. The molecule has 0 unspecified atom stereocenters. The first kappa shape index (κ1) is 22.8. The van der Waals surface area contributed by atoms with Gasteiger partial charge in [-0.1, -0.05) is 29.8 Å². The van der Waals surface area contributed by atoms with Crippen LogP contribution in [0, 0.1) is 34.6 Å². The first-order valence-electron chi connectivity index (χ1n) is 11.5. The number of anilines is 1. The van der Waals surface area contributed by atoms with Crippen molar-refractivity contribution in [2.75, 3.05) is 37.7 Å². The van der Waals surface area contributed by atoms with Crippen LogP contribution in [0.15, 0.2) is 42.5 Å². The molecule has 0 bridgehead atoms. The quantitative estimate of drug-likeness (QED) is 0.583. The molecule has 1 aliphatic rings. The number of carbonyl (C=O) groups is 1. The lowest BCUT2D eigenvalue weighted by atomic mass is 10.0. The summed E-state index contributed by atoms with van der Waals surface area (Å²) in [4.78, 5) is 16.8. The highest BCUT2D eigenvalue weighted by Gasteiger charge is 2.23. The third-order valence-electron chi connectivity index (χ3n) is 6.35. The Morgan fingerprint density at radius 2 is 1.52 bits per heavy atom. The van der Waals surface area contributed by atoms with E-state index in [9.17, 15) is 4.79 Å². The monoisotopic (exact) mass is 444 g/mol. The lowest BCUT2D eigenvalue weighted by molar-refractivity contribution is -0.133. The van der Waals surface area contributed by atoms with Crippen molar-refractivity contribution in [3.8, 4) is 17.0 Å². The van der Waals surface area contributed by atoms with Crippen LogP contribution in [0.25, 0.3) is 11.3 Å². The van der Waals surface area contributed by atoms with Crippen molar-refractivity contribution < 1.29 is 9.53 Å². The number of aryl methyl sites for hydroxylation is 5. The summed E-state index contributed by atoms with van der Waals surface area (Å²) >= 11 is 0. The van der Waals surface area contributed by atoms with Crippen molar-refractivity contribution in [1.29, 1.82) is 0 Å². The minimum absolute atomic E-state index is 0.0187. The molecular weight excluding hydrogens is 412 g/mol. The van der Waals surface area contributed by atoms with Gasteiger partial charge in [-0.2, -0.15) is 0 Å². The molecule has 0 aliphatic carbocycles. The van der Waals surface area contributed by atoms with Crippen LogP contribution in [0.5, 0.6) is 5.75 Å². The van der Waals surface area contributed by atoms with E-state index in [1.807, 2.05) is 30.9 Å². The van der Waals surface area contributed by atoms with E-state index in [2.05, 4.69) is 66.2 Å². The predicted octanol–water partition coefficient (Wildman–Crippen LogP) is 4.41. The highest BCUT2D eigenvalue weighted by atomic mass is 16.5. The fourth-order valence-corrected chi connectivity index (χ4v) is 4.35. The van der Waals surface area contributed by atoms with Crippen LogP contribution in [-0.4, -0.2) is 53.8 Å². The standard InChI is InChI=1S/C27H32N4O2/c1-18-14-21(4)27(22(5)15-18)33-17-26(32)31-12-10-30(11-13-31)25-9-8-24(28-29-25)23-7-6-19(2)20(3)16-23/h6-9,14-16H,10-13,17H2,1-5H3. The number of nitrogens with zero attached hydrogens (tertiary/aromatic N) is 4. The summed E-state index contributed by atoms with van der Waals surface area (Å²) in [7, 11) is 0. The molecule has 0 radical (unpaired) electrons.